The van der Waals surface area contributed by atoms with Crippen LogP contribution >= 0.6 is 0 Å². The van der Waals surface area contributed by atoms with Crippen LogP contribution < -0.4 is 0 Å². The van der Waals surface area contributed by atoms with Gasteiger partial charge in [-0.1, -0.05) is 0 Å². The molecule has 0 aliphatic heterocycles. The van der Waals surface area contributed by atoms with E-state index in [-0.39, 0.29) is 24.8 Å². The summed E-state index contributed by atoms with van der Waals surface area (Å²) in [4.78, 5) is 22.6. The van der Waals surface area contributed by atoms with Gasteiger partial charge in [0.1, 0.15) is 0 Å². The molecular formula is C12H8F6O3. The smallest absolute Gasteiger partial charge is 0.416 e. The number of hydrogen-bond acceptors (Lipinski definition) is 3. The number of halogens is 6. The molecular weight excluding hydrogens is 306 g/mol. The van der Waals surface area contributed by atoms with Crippen LogP contribution in [0.2, 0.25) is 0 Å². The highest BCUT2D eigenvalue weighted by Crippen LogP contribution is 2.36. The molecule has 0 saturated carbocycles. The van der Waals surface area contributed by atoms with Crippen LogP contribution in [0.5, 0.6) is 0 Å². The van der Waals surface area contributed by atoms with Crippen molar-refractivity contribution < 1.29 is 40.7 Å². The minimum atomic E-state index is -5.09. The third kappa shape index (κ3) is 4.20. The molecule has 9 heteroatoms. The van der Waals surface area contributed by atoms with Crippen LogP contribution in [0.3, 0.4) is 0 Å². The van der Waals surface area contributed by atoms with Gasteiger partial charge in [0.25, 0.3) is 5.78 Å². The van der Waals surface area contributed by atoms with Gasteiger partial charge >= 0.3 is 18.3 Å². The first-order valence-electron chi connectivity index (χ1n) is 5.47. The lowest BCUT2D eigenvalue weighted by Crippen LogP contribution is -2.20. The molecule has 0 amide bonds. The summed E-state index contributed by atoms with van der Waals surface area (Å²) in [6.07, 6.45) is -10.2. The second kappa shape index (κ2) is 5.74. The van der Waals surface area contributed by atoms with E-state index in [0.29, 0.717) is 0 Å². The maximum Gasteiger partial charge on any atom is 0.416 e. The first kappa shape index (κ1) is 17.0. The molecule has 0 spiro atoms. The lowest BCUT2D eigenvalue weighted by molar-refractivity contribution is -0.143. The van der Waals surface area contributed by atoms with Crippen molar-refractivity contribution in [2.45, 2.75) is 19.3 Å². The van der Waals surface area contributed by atoms with Crippen molar-refractivity contribution >= 4 is 11.8 Å². The standard InChI is InChI=1S/C12H8F6O3/c1-2-21-10(20)9(19)6-3-7(11(13,14)15)5-8(4-6)12(16,17)18/h3-5H,2H2,1H3. The van der Waals surface area contributed by atoms with E-state index in [1.165, 1.54) is 6.92 Å². The molecule has 0 aliphatic rings. The minimum absolute atomic E-state index is 0.137. The molecule has 1 aromatic rings. The van der Waals surface area contributed by atoms with Crippen molar-refractivity contribution in [1.82, 2.24) is 0 Å². The Hall–Kier alpha value is -2.06. The molecule has 0 N–H and O–H groups in total. The number of ether oxygens (including phenoxy) is 1. The summed E-state index contributed by atoms with van der Waals surface area (Å²) in [5, 5.41) is 0. The molecule has 116 valence electrons. The summed E-state index contributed by atoms with van der Waals surface area (Å²) < 4.78 is 79.6. The van der Waals surface area contributed by atoms with Crippen LogP contribution in [0, 0.1) is 0 Å². The van der Waals surface area contributed by atoms with Gasteiger partial charge in [0.15, 0.2) is 0 Å². The number of alkyl halides is 6. The van der Waals surface area contributed by atoms with E-state index in [0.717, 1.165) is 0 Å². The number of benzene rings is 1. The fourth-order valence-corrected chi connectivity index (χ4v) is 1.40. The number of esters is 1. The highest BCUT2D eigenvalue weighted by Gasteiger charge is 2.38. The van der Waals surface area contributed by atoms with E-state index in [1.54, 1.807) is 0 Å². The molecule has 1 aromatic carbocycles. The normalized spacial score (nSPS) is 12.1. The Morgan fingerprint density at radius 2 is 1.38 bits per heavy atom. The van der Waals surface area contributed by atoms with E-state index in [9.17, 15) is 35.9 Å². The quantitative estimate of drug-likeness (QED) is 0.371. The van der Waals surface area contributed by atoms with Crippen molar-refractivity contribution in [2.24, 2.45) is 0 Å². The van der Waals surface area contributed by atoms with Crippen molar-refractivity contribution in [3.63, 3.8) is 0 Å². The Morgan fingerprint density at radius 3 is 1.71 bits per heavy atom. The number of Topliss-reactive ketones (excluding diaryl/α,β-unsaturated/α-hetero) is 1. The summed E-state index contributed by atoms with van der Waals surface area (Å²) in [6.45, 7) is 1.09. The monoisotopic (exact) mass is 314 g/mol. The lowest BCUT2D eigenvalue weighted by Gasteiger charge is -2.13. The summed E-state index contributed by atoms with van der Waals surface area (Å²) in [7, 11) is 0. The van der Waals surface area contributed by atoms with Crippen LogP contribution in [0.1, 0.15) is 28.4 Å². The van der Waals surface area contributed by atoms with Gasteiger partial charge in [-0.2, -0.15) is 26.3 Å². The molecule has 0 radical (unpaired) electrons. The predicted molar refractivity (Wildman–Crippen MR) is 57.4 cm³/mol. The van der Waals surface area contributed by atoms with Gasteiger partial charge in [-0.3, -0.25) is 4.79 Å². The van der Waals surface area contributed by atoms with Gasteiger partial charge in [0.05, 0.1) is 17.7 Å². The third-order valence-corrected chi connectivity index (χ3v) is 2.31. The zero-order valence-corrected chi connectivity index (χ0v) is 10.4. The maximum atomic E-state index is 12.6. The number of carbonyl (C=O) groups is 2. The Kier molecular flexibility index (Phi) is 4.65. The molecule has 0 bridgehead atoms. The highest BCUT2D eigenvalue weighted by atomic mass is 19.4. The van der Waals surface area contributed by atoms with Gasteiger partial charge in [-0.25, -0.2) is 4.79 Å². The van der Waals surface area contributed by atoms with Gasteiger partial charge in [0, 0.05) is 5.56 Å². The number of carbonyl (C=O) groups excluding carboxylic acids is 2. The molecule has 0 fully saturated rings. The number of ketones is 1. The molecule has 0 aliphatic carbocycles. The largest absolute Gasteiger partial charge is 0.460 e. The Labute approximate surface area is 114 Å². The third-order valence-electron chi connectivity index (χ3n) is 2.31. The van der Waals surface area contributed by atoms with Crippen LogP contribution in [0.25, 0.3) is 0 Å². The summed E-state index contributed by atoms with van der Waals surface area (Å²) >= 11 is 0. The second-order valence-electron chi connectivity index (χ2n) is 3.84. The van der Waals surface area contributed by atoms with Crippen LogP contribution in [-0.2, 0) is 21.9 Å². The van der Waals surface area contributed by atoms with Crippen molar-refractivity contribution in [2.75, 3.05) is 6.61 Å². The topological polar surface area (TPSA) is 43.4 Å². The second-order valence-corrected chi connectivity index (χ2v) is 3.84. The molecule has 3 nitrogen and oxygen atoms in total. The molecule has 0 atom stereocenters. The molecule has 0 saturated heterocycles. The van der Waals surface area contributed by atoms with Gasteiger partial charge in [0.2, 0.25) is 0 Å². The summed E-state index contributed by atoms with van der Waals surface area (Å²) in [5.41, 5.74) is -4.38. The zero-order valence-electron chi connectivity index (χ0n) is 10.4. The Balaban J connectivity index is 3.39. The predicted octanol–water partition coefficient (Wildman–Crippen LogP) is 3.47. The highest BCUT2D eigenvalue weighted by molar-refractivity contribution is 6.40. The van der Waals surface area contributed by atoms with E-state index >= 15 is 0 Å². The number of hydrogen-bond donors (Lipinski definition) is 0. The Morgan fingerprint density at radius 1 is 0.952 bits per heavy atom. The summed E-state index contributed by atoms with van der Waals surface area (Å²) in [6, 6.07) is 0.213. The van der Waals surface area contributed by atoms with Crippen LogP contribution in [0.4, 0.5) is 26.3 Å². The van der Waals surface area contributed by atoms with E-state index in [2.05, 4.69) is 4.74 Å². The van der Waals surface area contributed by atoms with Crippen LogP contribution in [0.15, 0.2) is 18.2 Å². The van der Waals surface area contributed by atoms with E-state index < -0.39 is 40.8 Å². The molecule has 0 unspecified atom stereocenters. The van der Waals surface area contributed by atoms with Gasteiger partial charge in [-0.05, 0) is 25.1 Å². The van der Waals surface area contributed by atoms with Gasteiger partial charge in [-0.15, -0.1) is 0 Å². The van der Waals surface area contributed by atoms with E-state index in [4.69, 9.17) is 0 Å². The fraction of sp³-hybridized carbons (Fsp3) is 0.333. The van der Waals surface area contributed by atoms with Crippen molar-refractivity contribution in [1.29, 1.82) is 0 Å². The fourth-order valence-electron chi connectivity index (χ4n) is 1.40. The lowest BCUT2D eigenvalue weighted by atomic mass is 10.0. The zero-order chi connectivity index (χ0) is 16.4. The van der Waals surface area contributed by atoms with E-state index in [1.807, 2.05) is 0 Å². The first-order valence-corrected chi connectivity index (χ1v) is 5.47. The van der Waals surface area contributed by atoms with Crippen molar-refractivity contribution in [3.8, 4) is 0 Å². The first-order chi connectivity index (χ1) is 9.46. The molecule has 0 heterocycles. The summed E-state index contributed by atoms with van der Waals surface area (Å²) in [5.74, 6) is -3.10. The SMILES string of the molecule is CCOC(=O)C(=O)c1cc(C(F)(F)F)cc(C(F)(F)F)c1. The average Bonchev–Trinajstić information content (AvgIpc) is 2.35. The van der Waals surface area contributed by atoms with Crippen molar-refractivity contribution in [3.05, 3.63) is 34.9 Å². The average molecular weight is 314 g/mol. The Bertz CT molecular complexity index is 527. The minimum Gasteiger partial charge on any atom is -0.460 e. The van der Waals surface area contributed by atoms with Crippen LogP contribution in [-0.4, -0.2) is 18.4 Å². The molecule has 0 aromatic heterocycles. The maximum absolute atomic E-state index is 12.6. The molecule has 21 heavy (non-hydrogen) atoms. The number of rotatable bonds is 3. The van der Waals surface area contributed by atoms with Gasteiger partial charge < -0.3 is 4.74 Å². The molecule has 1 rings (SSSR count).